The van der Waals surface area contributed by atoms with Crippen molar-refractivity contribution < 1.29 is 4.74 Å². The zero-order chi connectivity index (χ0) is 17.4. The van der Waals surface area contributed by atoms with Crippen molar-refractivity contribution >= 4 is 34.3 Å². The lowest BCUT2D eigenvalue weighted by atomic mass is 10.2. The first-order chi connectivity index (χ1) is 12.1. The highest BCUT2D eigenvalue weighted by Gasteiger charge is 2.14. The fraction of sp³-hybridized carbons (Fsp3) is 0.353. The molecule has 0 atom stereocenters. The number of aromatic nitrogens is 4. The molecular weight excluding hydrogens is 318 g/mol. The molecule has 0 unspecified atom stereocenters. The molecular formula is C17H21N7O. The van der Waals surface area contributed by atoms with E-state index in [0.29, 0.717) is 11.3 Å². The Morgan fingerprint density at radius 3 is 2.52 bits per heavy atom. The fourth-order valence-electron chi connectivity index (χ4n) is 2.99. The number of benzene rings is 1. The van der Waals surface area contributed by atoms with Gasteiger partial charge in [0.05, 0.1) is 13.2 Å². The van der Waals surface area contributed by atoms with Crippen LogP contribution in [0.25, 0.3) is 11.2 Å². The first-order valence-corrected chi connectivity index (χ1v) is 8.28. The average Bonchev–Trinajstić information content (AvgIpc) is 2.92. The van der Waals surface area contributed by atoms with E-state index in [0.717, 1.165) is 43.5 Å². The number of anilines is 4. The van der Waals surface area contributed by atoms with Crippen LogP contribution in [0.3, 0.4) is 0 Å². The van der Waals surface area contributed by atoms with Crippen LogP contribution in [0.2, 0.25) is 0 Å². The number of nitrogens with one attached hydrogen (secondary N) is 1. The number of nitrogens with zero attached hydrogens (tertiary/aromatic N) is 5. The molecule has 0 aliphatic carbocycles. The molecule has 25 heavy (non-hydrogen) atoms. The lowest BCUT2D eigenvalue weighted by Crippen LogP contribution is -2.36. The monoisotopic (exact) mass is 339 g/mol. The number of hydrogen-bond donors (Lipinski definition) is 2. The topological polar surface area (TPSA) is 94.1 Å². The highest BCUT2D eigenvalue weighted by molar-refractivity contribution is 5.87. The highest BCUT2D eigenvalue weighted by Crippen LogP contribution is 2.26. The Balaban J connectivity index is 1.62. The van der Waals surface area contributed by atoms with E-state index in [4.69, 9.17) is 10.5 Å². The van der Waals surface area contributed by atoms with Crippen molar-refractivity contribution in [3.05, 3.63) is 30.1 Å². The Morgan fingerprint density at radius 2 is 1.80 bits per heavy atom. The number of aryl methyl sites for hydroxylation is 2. The van der Waals surface area contributed by atoms with Gasteiger partial charge in [0.15, 0.2) is 17.0 Å². The first-order valence-electron chi connectivity index (χ1n) is 8.28. The molecule has 8 nitrogen and oxygen atoms in total. The maximum Gasteiger partial charge on any atom is 0.224 e. The standard InChI is InChI=1S/C17H21N7O/c1-11-19-14-15(21-17(18)22-16(14)23(11)2)20-12-3-5-13(6-4-12)24-7-9-25-10-8-24/h3-6H,7-10H2,1-2H3,(H3,18,20,21,22). The van der Waals surface area contributed by atoms with Crippen LogP contribution in [-0.4, -0.2) is 45.8 Å². The van der Waals surface area contributed by atoms with E-state index >= 15 is 0 Å². The number of hydrogen-bond acceptors (Lipinski definition) is 7. The summed E-state index contributed by atoms with van der Waals surface area (Å²) < 4.78 is 7.30. The van der Waals surface area contributed by atoms with Crippen LogP contribution in [-0.2, 0) is 11.8 Å². The van der Waals surface area contributed by atoms with E-state index < -0.39 is 0 Å². The Labute approximate surface area is 145 Å². The van der Waals surface area contributed by atoms with Crippen molar-refractivity contribution in [3.8, 4) is 0 Å². The van der Waals surface area contributed by atoms with Crippen molar-refractivity contribution in [1.29, 1.82) is 0 Å². The summed E-state index contributed by atoms with van der Waals surface area (Å²) in [5, 5.41) is 3.31. The van der Waals surface area contributed by atoms with Gasteiger partial charge in [-0.1, -0.05) is 0 Å². The quantitative estimate of drug-likeness (QED) is 0.752. The molecule has 3 aromatic rings. The number of morpholine rings is 1. The third-order valence-corrected chi connectivity index (χ3v) is 4.47. The Bertz CT molecular complexity index is 897. The predicted molar refractivity (Wildman–Crippen MR) is 98.2 cm³/mol. The predicted octanol–water partition coefficient (Wildman–Crippen LogP) is 1.83. The molecule has 0 radical (unpaired) electrons. The molecule has 1 fully saturated rings. The third-order valence-electron chi connectivity index (χ3n) is 4.47. The molecule has 4 rings (SSSR count). The zero-order valence-electron chi connectivity index (χ0n) is 14.4. The SMILES string of the molecule is Cc1nc2c(Nc3ccc(N4CCOCC4)cc3)nc(N)nc2n1C. The maximum atomic E-state index is 5.86. The van der Waals surface area contributed by atoms with E-state index in [1.165, 1.54) is 5.69 Å². The van der Waals surface area contributed by atoms with Gasteiger partial charge in [-0.25, -0.2) is 4.98 Å². The lowest BCUT2D eigenvalue weighted by molar-refractivity contribution is 0.122. The van der Waals surface area contributed by atoms with Crippen LogP contribution in [0.4, 0.5) is 23.1 Å². The fourth-order valence-corrected chi connectivity index (χ4v) is 2.99. The second-order valence-corrected chi connectivity index (χ2v) is 6.09. The molecule has 2 aromatic heterocycles. The van der Waals surface area contributed by atoms with Crippen LogP contribution < -0.4 is 16.0 Å². The number of rotatable bonds is 3. The van der Waals surface area contributed by atoms with Gasteiger partial charge in [0.2, 0.25) is 5.95 Å². The number of nitrogens with two attached hydrogens (primary N) is 1. The second kappa shape index (κ2) is 6.21. The highest BCUT2D eigenvalue weighted by atomic mass is 16.5. The van der Waals surface area contributed by atoms with Crippen LogP contribution in [0, 0.1) is 6.92 Å². The smallest absolute Gasteiger partial charge is 0.224 e. The minimum Gasteiger partial charge on any atom is -0.378 e. The summed E-state index contributed by atoms with van der Waals surface area (Å²) in [6.45, 7) is 5.32. The van der Waals surface area contributed by atoms with Gasteiger partial charge in [0.25, 0.3) is 0 Å². The van der Waals surface area contributed by atoms with Crippen LogP contribution in [0.15, 0.2) is 24.3 Å². The summed E-state index contributed by atoms with van der Waals surface area (Å²) in [7, 11) is 1.91. The van der Waals surface area contributed by atoms with Gasteiger partial charge in [-0.15, -0.1) is 0 Å². The number of ether oxygens (including phenoxy) is 1. The van der Waals surface area contributed by atoms with E-state index in [-0.39, 0.29) is 5.95 Å². The molecule has 3 heterocycles. The molecule has 0 saturated carbocycles. The van der Waals surface area contributed by atoms with Crippen molar-refractivity contribution in [2.45, 2.75) is 6.92 Å². The molecule has 1 aromatic carbocycles. The van der Waals surface area contributed by atoms with E-state index in [9.17, 15) is 0 Å². The zero-order valence-corrected chi connectivity index (χ0v) is 14.4. The summed E-state index contributed by atoms with van der Waals surface area (Å²) in [5.74, 6) is 1.70. The Hall–Kier alpha value is -2.87. The average molecular weight is 339 g/mol. The molecule has 3 N–H and O–H groups in total. The first kappa shape index (κ1) is 15.6. The summed E-state index contributed by atoms with van der Waals surface area (Å²) in [6, 6.07) is 8.26. The normalized spacial score (nSPS) is 14.9. The minimum absolute atomic E-state index is 0.225. The molecule has 8 heteroatoms. The molecule has 1 saturated heterocycles. The van der Waals surface area contributed by atoms with Gasteiger partial charge in [-0.3, -0.25) is 0 Å². The van der Waals surface area contributed by atoms with Crippen LogP contribution in [0.1, 0.15) is 5.82 Å². The lowest BCUT2D eigenvalue weighted by Gasteiger charge is -2.28. The molecule has 0 spiro atoms. The second-order valence-electron chi connectivity index (χ2n) is 6.09. The molecule has 1 aliphatic rings. The van der Waals surface area contributed by atoms with Gasteiger partial charge >= 0.3 is 0 Å². The minimum atomic E-state index is 0.225. The summed E-state index contributed by atoms with van der Waals surface area (Å²) in [6.07, 6.45) is 0. The van der Waals surface area contributed by atoms with Crippen LogP contribution in [0.5, 0.6) is 0 Å². The third kappa shape index (κ3) is 2.96. The molecule has 0 bridgehead atoms. The maximum absolute atomic E-state index is 5.86. The van der Waals surface area contributed by atoms with E-state index in [1.807, 2.05) is 30.7 Å². The molecule has 0 amide bonds. The summed E-state index contributed by atoms with van der Waals surface area (Å²) in [5.41, 5.74) is 9.41. The van der Waals surface area contributed by atoms with Crippen molar-refractivity contribution in [2.75, 3.05) is 42.3 Å². The summed E-state index contributed by atoms with van der Waals surface area (Å²) in [4.78, 5) is 15.5. The van der Waals surface area contributed by atoms with E-state index in [1.54, 1.807) is 0 Å². The van der Waals surface area contributed by atoms with Crippen molar-refractivity contribution in [2.24, 2.45) is 7.05 Å². The van der Waals surface area contributed by atoms with Crippen molar-refractivity contribution in [1.82, 2.24) is 19.5 Å². The van der Waals surface area contributed by atoms with Gasteiger partial charge in [0.1, 0.15) is 5.82 Å². The van der Waals surface area contributed by atoms with Crippen LogP contribution >= 0.6 is 0 Å². The molecule has 130 valence electrons. The van der Waals surface area contributed by atoms with Gasteiger partial charge in [-0.2, -0.15) is 9.97 Å². The van der Waals surface area contributed by atoms with Gasteiger partial charge in [0, 0.05) is 31.5 Å². The number of imidazole rings is 1. The largest absolute Gasteiger partial charge is 0.378 e. The Morgan fingerprint density at radius 1 is 1.08 bits per heavy atom. The molecule has 1 aliphatic heterocycles. The van der Waals surface area contributed by atoms with Crippen molar-refractivity contribution in [3.63, 3.8) is 0 Å². The number of nitrogen functional groups attached to an aromatic ring is 1. The van der Waals surface area contributed by atoms with Gasteiger partial charge in [-0.05, 0) is 31.2 Å². The van der Waals surface area contributed by atoms with Gasteiger partial charge < -0.3 is 25.3 Å². The number of fused-ring (bicyclic) bond motifs is 1. The summed E-state index contributed by atoms with van der Waals surface area (Å²) >= 11 is 0. The van der Waals surface area contributed by atoms with E-state index in [2.05, 4.69) is 37.3 Å². The Kier molecular flexibility index (Phi) is 3.89.